The number of aromatic nitrogens is 1. The molecule has 0 atom stereocenters. The van der Waals surface area contributed by atoms with E-state index < -0.39 is 0 Å². The summed E-state index contributed by atoms with van der Waals surface area (Å²) >= 11 is 0. The first kappa shape index (κ1) is 8.67. The summed E-state index contributed by atoms with van der Waals surface area (Å²) in [6.07, 6.45) is 2.52. The lowest BCUT2D eigenvalue weighted by Gasteiger charge is -2.06. The van der Waals surface area contributed by atoms with Gasteiger partial charge in [-0.25, -0.2) is 5.84 Å². The van der Waals surface area contributed by atoms with Crippen molar-refractivity contribution in [1.29, 1.82) is 5.41 Å². The summed E-state index contributed by atoms with van der Waals surface area (Å²) < 4.78 is 0. The average molecular weight is 164 g/mol. The molecular weight excluding hydrogens is 152 g/mol. The predicted octanol–water partition coefficient (Wildman–Crippen LogP) is 0.433. The van der Waals surface area contributed by atoms with Gasteiger partial charge in [0.2, 0.25) is 0 Å². The second-order valence-electron chi connectivity index (χ2n) is 2.37. The lowest BCUT2D eigenvalue weighted by Crippen LogP contribution is -2.31. The molecule has 1 heterocycles. The van der Waals surface area contributed by atoms with E-state index in [0.717, 1.165) is 17.7 Å². The van der Waals surface area contributed by atoms with Gasteiger partial charge in [-0.3, -0.25) is 10.4 Å². The van der Waals surface area contributed by atoms with Crippen molar-refractivity contribution < 1.29 is 0 Å². The Hall–Kier alpha value is -1.42. The first-order chi connectivity index (χ1) is 5.79. The van der Waals surface area contributed by atoms with Crippen molar-refractivity contribution in [3.8, 4) is 0 Å². The van der Waals surface area contributed by atoms with Crippen molar-refractivity contribution in [2.45, 2.75) is 13.3 Å². The Morgan fingerprint density at radius 3 is 3.08 bits per heavy atom. The maximum atomic E-state index is 7.45. The van der Waals surface area contributed by atoms with Crippen LogP contribution in [0.3, 0.4) is 0 Å². The normalized spacial score (nSPS) is 9.50. The Morgan fingerprint density at radius 1 is 1.75 bits per heavy atom. The van der Waals surface area contributed by atoms with Crippen molar-refractivity contribution in [2.24, 2.45) is 5.84 Å². The molecule has 0 saturated carbocycles. The van der Waals surface area contributed by atoms with Crippen LogP contribution in [0.2, 0.25) is 0 Å². The van der Waals surface area contributed by atoms with Gasteiger partial charge >= 0.3 is 0 Å². The standard InChI is InChI=1S/C8H12N4/c1-2-7-6(8(9)12-10)4-3-5-11-7/h3-5H,2,10H2,1H3,(H2,9,12). The monoisotopic (exact) mass is 164 g/mol. The molecule has 0 unspecified atom stereocenters. The highest BCUT2D eigenvalue weighted by molar-refractivity contribution is 5.96. The number of aryl methyl sites for hydroxylation is 1. The zero-order valence-corrected chi connectivity index (χ0v) is 6.96. The third kappa shape index (κ3) is 1.60. The second kappa shape index (κ2) is 3.82. The summed E-state index contributed by atoms with van der Waals surface area (Å²) in [5.41, 5.74) is 3.95. The first-order valence-electron chi connectivity index (χ1n) is 3.79. The van der Waals surface area contributed by atoms with Gasteiger partial charge in [0.1, 0.15) is 5.84 Å². The number of nitrogens with zero attached hydrogens (tertiary/aromatic N) is 1. The van der Waals surface area contributed by atoms with Crippen LogP contribution in [0.1, 0.15) is 18.2 Å². The molecule has 64 valence electrons. The molecule has 0 radical (unpaired) electrons. The SMILES string of the molecule is CCc1ncccc1C(=N)NN. The van der Waals surface area contributed by atoms with E-state index in [2.05, 4.69) is 10.4 Å². The van der Waals surface area contributed by atoms with Crippen molar-refractivity contribution in [2.75, 3.05) is 0 Å². The van der Waals surface area contributed by atoms with Gasteiger partial charge in [-0.2, -0.15) is 0 Å². The lowest BCUT2D eigenvalue weighted by molar-refractivity contribution is 0.979. The molecule has 0 spiro atoms. The number of nitrogens with one attached hydrogen (secondary N) is 2. The Labute approximate surface area is 71.3 Å². The summed E-state index contributed by atoms with van der Waals surface area (Å²) in [5, 5.41) is 7.45. The maximum Gasteiger partial charge on any atom is 0.141 e. The van der Waals surface area contributed by atoms with Crippen LogP contribution in [0.5, 0.6) is 0 Å². The topological polar surface area (TPSA) is 74.8 Å². The first-order valence-corrected chi connectivity index (χ1v) is 3.79. The number of amidine groups is 1. The van der Waals surface area contributed by atoms with Crippen LogP contribution in [0.4, 0.5) is 0 Å². The van der Waals surface area contributed by atoms with E-state index in [1.807, 2.05) is 13.0 Å². The van der Waals surface area contributed by atoms with E-state index in [0.29, 0.717) is 0 Å². The minimum atomic E-state index is 0.208. The van der Waals surface area contributed by atoms with Gasteiger partial charge in [-0.1, -0.05) is 6.92 Å². The molecule has 0 aliphatic carbocycles. The highest BCUT2D eigenvalue weighted by atomic mass is 15.2. The molecule has 1 rings (SSSR count). The average Bonchev–Trinajstić information content (AvgIpc) is 2.16. The molecule has 0 amide bonds. The fraction of sp³-hybridized carbons (Fsp3) is 0.250. The molecule has 0 bridgehead atoms. The van der Waals surface area contributed by atoms with Crippen molar-refractivity contribution in [1.82, 2.24) is 10.4 Å². The molecule has 0 fully saturated rings. The highest BCUT2D eigenvalue weighted by Crippen LogP contribution is 2.04. The molecule has 4 nitrogen and oxygen atoms in total. The Kier molecular flexibility index (Phi) is 2.76. The Balaban J connectivity index is 3.04. The summed E-state index contributed by atoms with van der Waals surface area (Å²) in [4.78, 5) is 4.13. The van der Waals surface area contributed by atoms with Gasteiger partial charge in [0.05, 0.1) is 5.69 Å². The number of hydrazine groups is 1. The summed E-state index contributed by atoms with van der Waals surface area (Å²) in [6.45, 7) is 2.00. The minimum absolute atomic E-state index is 0.208. The van der Waals surface area contributed by atoms with E-state index in [1.54, 1.807) is 12.3 Å². The van der Waals surface area contributed by atoms with Gasteiger partial charge in [-0.05, 0) is 18.6 Å². The minimum Gasteiger partial charge on any atom is -0.308 e. The van der Waals surface area contributed by atoms with Crippen LogP contribution < -0.4 is 11.3 Å². The van der Waals surface area contributed by atoms with Crippen LogP contribution >= 0.6 is 0 Å². The van der Waals surface area contributed by atoms with Crippen molar-refractivity contribution in [3.05, 3.63) is 29.6 Å². The number of pyridine rings is 1. The van der Waals surface area contributed by atoms with Crippen LogP contribution in [0.25, 0.3) is 0 Å². The van der Waals surface area contributed by atoms with Crippen LogP contribution in [0.15, 0.2) is 18.3 Å². The van der Waals surface area contributed by atoms with Crippen molar-refractivity contribution in [3.63, 3.8) is 0 Å². The quantitative estimate of drug-likeness (QED) is 0.257. The van der Waals surface area contributed by atoms with E-state index in [4.69, 9.17) is 11.3 Å². The number of hydrogen-bond donors (Lipinski definition) is 3. The largest absolute Gasteiger partial charge is 0.308 e. The van der Waals surface area contributed by atoms with Gasteiger partial charge in [0, 0.05) is 11.8 Å². The van der Waals surface area contributed by atoms with Crippen LogP contribution in [0, 0.1) is 5.41 Å². The summed E-state index contributed by atoms with van der Waals surface area (Å²) in [5.74, 6) is 5.33. The fourth-order valence-corrected chi connectivity index (χ4v) is 1.03. The van der Waals surface area contributed by atoms with Gasteiger partial charge in [0.15, 0.2) is 0 Å². The van der Waals surface area contributed by atoms with Gasteiger partial charge < -0.3 is 5.43 Å². The number of nitrogens with two attached hydrogens (primary N) is 1. The molecule has 4 N–H and O–H groups in total. The third-order valence-electron chi connectivity index (χ3n) is 1.64. The molecule has 0 aliphatic rings. The van der Waals surface area contributed by atoms with Gasteiger partial charge in [-0.15, -0.1) is 0 Å². The van der Waals surface area contributed by atoms with E-state index in [1.165, 1.54) is 0 Å². The molecular formula is C8H12N4. The van der Waals surface area contributed by atoms with Crippen molar-refractivity contribution >= 4 is 5.84 Å². The maximum absolute atomic E-state index is 7.45. The third-order valence-corrected chi connectivity index (χ3v) is 1.64. The predicted molar refractivity (Wildman–Crippen MR) is 47.8 cm³/mol. The highest BCUT2D eigenvalue weighted by Gasteiger charge is 2.04. The lowest BCUT2D eigenvalue weighted by atomic mass is 10.1. The Morgan fingerprint density at radius 2 is 2.50 bits per heavy atom. The molecule has 0 aliphatic heterocycles. The van der Waals surface area contributed by atoms with E-state index >= 15 is 0 Å². The van der Waals surface area contributed by atoms with Gasteiger partial charge in [0.25, 0.3) is 0 Å². The number of rotatable bonds is 2. The second-order valence-corrected chi connectivity index (χ2v) is 2.37. The molecule has 1 aromatic rings. The summed E-state index contributed by atoms with van der Waals surface area (Å²) in [7, 11) is 0. The summed E-state index contributed by atoms with van der Waals surface area (Å²) in [6, 6.07) is 3.62. The molecule has 12 heavy (non-hydrogen) atoms. The zero-order chi connectivity index (χ0) is 8.97. The molecule has 0 saturated heterocycles. The van der Waals surface area contributed by atoms with E-state index in [-0.39, 0.29) is 5.84 Å². The molecule has 1 aromatic heterocycles. The number of hydrogen-bond acceptors (Lipinski definition) is 3. The zero-order valence-electron chi connectivity index (χ0n) is 6.96. The Bertz CT molecular complexity index is 282. The smallest absolute Gasteiger partial charge is 0.141 e. The van der Waals surface area contributed by atoms with E-state index in [9.17, 15) is 0 Å². The molecule has 4 heteroatoms. The fourth-order valence-electron chi connectivity index (χ4n) is 1.03. The van der Waals surface area contributed by atoms with Crippen LogP contribution in [-0.2, 0) is 6.42 Å². The van der Waals surface area contributed by atoms with Crippen LogP contribution in [-0.4, -0.2) is 10.8 Å². The molecule has 0 aromatic carbocycles.